The molecule has 0 atom stereocenters. The molecule has 2 nitrogen and oxygen atoms in total. The Labute approximate surface area is 117 Å². The Morgan fingerprint density at radius 3 is 2.45 bits per heavy atom. The number of alkyl halides is 3. The second-order valence-corrected chi connectivity index (χ2v) is 4.97. The van der Waals surface area contributed by atoms with Crippen molar-refractivity contribution in [1.82, 2.24) is 4.98 Å². The van der Waals surface area contributed by atoms with Crippen molar-refractivity contribution in [3.63, 3.8) is 0 Å². The van der Waals surface area contributed by atoms with Gasteiger partial charge in [-0.25, -0.2) is 9.37 Å². The minimum absolute atomic E-state index is 0.205. The Bertz CT molecular complexity index is 576. The minimum atomic E-state index is -4.41. The van der Waals surface area contributed by atoms with Crippen LogP contribution in [-0.4, -0.2) is 4.98 Å². The van der Waals surface area contributed by atoms with Crippen LogP contribution in [0.3, 0.4) is 0 Å². The molecule has 0 amide bonds. The van der Waals surface area contributed by atoms with E-state index in [9.17, 15) is 17.6 Å². The van der Waals surface area contributed by atoms with Gasteiger partial charge in [0.05, 0.1) is 10.6 Å². The van der Waals surface area contributed by atoms with Crippen molar-refractivity contribution in [2.45, 2.75) is 17.0 Å². The Morgan fingerprint density at radius 1 is 1.15 bits per heavy atom. The SMILES string of the molecule is Nc1cccc(F)c1CSc1ccc(C(F)(F)F)cn1. The van der Waals surface area contributed by atoms with Crippen molar-refractivity contribution in [3.05, 3.63) is 53.5 Å². The Balaban J connectivity index is 2.08. The fraction of sp³-hybridized carbons (Fsp3) is 0.154. The monoisotopic (exact) mass is 302 g/mol. The van der Waals surface area contributed by atoms with Gasteiger partial charge in [0.15, 0.2) is 0 Å². The highest BCUT2D eigenvalue weighted by atomic mass is 32.2. The van der Waals surface area contributed by atoms with Crippen LogP contribution in [0, 0.1) is 5.82 Å². The van der Waals surface area contributed by atoms with E-state index >= 15 is 0 Å². The summed E-state index contributed by atoms with van der Waals surface area (Å²) < 4.78 is 50.6. The highest BCUT2D eigenvalue weighted by Gasteiger charge is 2.30. The number of nitrogens with zero attached hydrogens (tertiary/aromatic N) is 1. The van der Waals surface area contributed by atoms with Crippen LogP contribution in [0.1, 0.15) is 11.1 Å². The van der Waals surface area contributed by atoms with Gasteiger partial charge in [0, 0.05) is 23.2 Å². The first kappa shape index (κ1) is 14.6. The molecule has 0 saturated heterocycles. The van der Waals surface area contributed by atoms with Gasteiger partial charge < -0.3 is 5.73 Å². The molecule has 0 bridgehead atoms. The topological polar surface area (TPSA) is 38.9 Å². The summed E-state index contributed by atoms with van der Waals surface area (Å²) in [6.45, 7) is 0. The van der Waals surface area contributed by atoms with Crippen LogP contribution < -0.4 is 5.73 Å². The van der Waals surface area contributed by atoms with E-state index in [4.69, 9.17) is 5.73 Å². The Kier molecular flexibility index (Phi) is 4.17. The molecule has 0 fully saturated rings. The maximum Gasteiger partial charge on any atom is 0.417 e. The number of aromatic nitrogens is 1. The molecule has 20 heavy (non-hydrogen) atoms. The van der Waals surface area contributed by atoms with Crippen molar-refractivity contribution in [2.75, 3.05) is 5.73 Å². The van der Waals surface area contributed by atoms with Crippen LogP contribution in [0.25, 0.3) is 0 Å². The van der Waals surface area contributed by atoms with Crippen LogP contribution in [0.15, 0.2) is 41.6 Å². The summed E-state index contributed by atoms with van der Waals surface area (Å²) in [7, 11) is 0. The lowest BCUT2D eigenvalue weighted by Crippen LogP contribution is -2.05. The third-order valence-corrected chi connectivity index (χ3v) is 3.55. The first-order valence-corrected chi connectivity index (χ1v) is 6.55. The number of anilines is 1. The number of benzene rings is 1. The fourth-order valence-corrected chi connectivity index (χ4v) is 2.40. The molecule has 0 radical (unpaired) electrons. The molecule has 2 N–H and O–H groups in total. The molecule has 2 rings (SSSR count). The van der Waals surface area contributed by atoms with Gasteiger partial charge in [-0.3, -0.25) is 0 Å². The smallest absolute Gasteiger partial charge is 0.398 e. The minimum Gasteiger partial charge on any atom is -0.398 e. The molecule has 0 unspecified atom stereocenters. The standard InChI is InChI=1S/C13H10F4N2S/c14-10-2-1-3-11(18)9(10)7-20-12-5-4-8(6-19-12)13(15,16)17/h1-6H,7,18H2. The maximum atomic E-state index is 13.5. The van der Waals surface area contributed by atoms with E-state index in [1.165, 1.54) is 18.2 Å². The molecule has 1 aromatic carbocycles. The molecule has 1 aromatic heterocycles. The summed E-state index contributed by atoms with van der Waals surface area (Å²) in [6.07, 6.45) is -3.65. The molecule has 0 saturated carbocycles. The Hall–Kier alpha value is -1.76. The second kappa shape index (κ2) is 5.70. The molecule has 7 heteroatoms. The lowest BCUT2D eigenvalue weighted by molar-refractivity contribution is -0.137. The van der Waals surface area contributed by atoms with Gasteiger partial charge in [-0.1, -0.05) is 6.07 Å². The molecule has 0 aliphatic carbocycles. The number of hydrogen-bond donors (Lipinski definition) is 1. The lowest BCUT2D eigenvalue weighted by Gasteiger charge is -2.08. The number of halogens is 4. The van der Waals surface area contributed by atoms with Crippen LogP contribution in [0.5, 0.6) is 0 Å². The van der Waals surface area contributed by atoms with Gasteiger partial charge in [-0.15, -0.1) is 11.8 Å². The average Bonchev–Trinajstić information content (AvgIpc) is 2.37. The van der Waals surface area contributed by atoms with Gasteiger partial charge in [0.2, 0.25) is 0 Å². The summed E-state index contributed by atoms with van der Waals surface area (Å²) in [5.74, 6) is -0.235. The molecule has 0 aliphatic rings. The molecule has 0 spiro atoms. The van der Waals surface area contributed by atoms with Gasteiger partial charge in [-0.05, 0) is 24.3 Å². The summed E-state index contributed by atoms with van der Waals surface area (Å²) in [5.41, 5.74) is 5.46. The first-order chi connectivity index (χ1) is 9.38. The van der Waals surface area contributed by atoms with Crippen LogP contribution in [-0.2, 0) is 11.9 Å². The molecular formula is C13H10F4N2S. The number of hydrogen-bond acceptors (Lipinski definition) is 3. The molecule has 0 aliphatic heterocycles. The zero-order valence-electron chi connectivity index (χ0n) is 10.1. The molecular weight excluding hydrogens is 292 g/mol. The van der Waals surface area contributed by atoms with Crippen molar-refractivity contribution in [2.24, 2.45) is 0 Å². The molecule has 106 valence electrons. The zero-order valence-corrected chi connectivity index (χ0v) is 10.9. The van der Waals surface area contributed by atoms with Gasteiger partial charge in [-0.2, -0.15) is 13.2 Å². The number of rotatable bonds is 3. The predicted molar refractivity (Wildman–Crippen MR) is 69.6 cm³/mol. The van der Waals surface area contributed by atoms with Crippen LogP contribution in [0.2, 0.25) is 0 Å². The average molecular weight is 302 g/mol. The first-order valence-electron chi connectivity index (χ1n) is 5.57. The summed E-state index contributed by atoms with van der Waals surface area (Å²) >= 11 is 1.12. The zero-order chi connectivity index (χ0) is 14.8. The van der Waals surface area contributed by atoms with E-state index in [2.05, 4.69) is 4.98 Å². The number of nitrogens with two attached hydrogens (primary N) is 1. The quantitative estimate of drug-likeness (QED) is 0.527. The highest BCUT2D eigenvalue weighted by Crippen LogP contribution is 2.31. The number of pyridine rings is 1. The van der Waals surface area contributed by atoms with Gasteiger partial charge >= 0.3 is 6.18 Å². The highest BCUT2D eigenvalue weighted by molar-refractivity contribution is 7.98. The molecule has 2 aromatic rings. The van der Waals surface area contributed by atoms with E-state index in [1.54, 1.807) is 6.07 Å². The van der Waals surface area contributed by atoms with E-state index < -0.39 is 17.6 Å². The van der Waals surface area contributed by atoms with Crippen molar-refractivity contribution in [3.8, 4) is 0 Å². The number of thioether (sulfide) groups is 1. The van der Waals surface area contributed by atoms with Crippen molar-refractivity contribution >= 4 is 17.4 Å². The molecule has 1 heterocycles. The van der Waals surface area contributed by atoms with E-state index in [0.717, 1.165) is 24.0 Å². The summed E-state index contributed by atoms with van der Waals surface area (Å²) in [4.78, 5) is 3.70. The summed E-state index contributed by atoms with van der Waals surface area (Å²) in [6, 6.07) is 6.55. The van der Waals surface area contributed by atoms with Crippen LogP contribution in [0.4, 0.5) is 23.2 Å². The summed E-state index contributed by atoms with van der Waals surface area (Å²) in [5, 5.41) is 0.376. The third kappa shape index (κ3) is 3.41. The fourth-order valence-electron chi connectivity index (χ4n) is 1.51. The lowest BCUT2D eigenvalue weighted by atomic mass is 10.2. The van der Waals surface area contributed by atoms with Gasteiger partial charge in [0.1, 0.15) is 5.82 Å². The normalized spacial score (nSPS) is 11.6. The van der Waals surface area contributed by atoms with Crippen molar-refractivity contribution in [1.29, 1.82) is 0 Å². The van der Waals surface area contributed by atoms with E-state index in [-0.39, 0.29) is 5.75 Å². The number of nitrogen functional groups attached to an aromatic ring is 1. The second-order valence-electron chi connectivity index (χ2n) is 3.98. The van der Waals surface area contributed by atoms with E-state index in [1.807, 2.05) is 0 Å². The Morgan fingerprint density at radius 2 is 1.90 bits per heavy atom. The van der Waals surface area contributed by atoms with Crippen molar-refractivity contribution < 1.29 is 17.6 Å². The maximum absolute atomic E-state index is 13.5. The van der Waals surface area contributed by atoms with Crippen LogP contribution >= 0.6 is 11.8 Å². The predicted octanol–water partition coefficient (Wildman–Crippen LogP) is 4.11. The van der Waals surface area contributed by atoms with Gasteiger partial charge in [0.25, 0.3) is 0 Å². The largest absolute Gasteiger partial charge is 0.417 e. The van der Waals surface area contributed by atoms with E-state index in [0.29, 0.717) is 16.3 Å². The third-order valence-electron chi connectivity index (χ3n) is 2.58.